The number of piperidine rings is 1. The van der Waals surface area contributed by atoms with Gasteiger partial charge >= 0.3 is 19.4 Å². The Hall–Kier alpha value is -2.53. The molecule has 29 heavy (non-hydrogen) atoms. The number of alkyl halides is 3. The Bertz CT molecular complexity index is 727. The van der Waals surface area contributed by atoms with Crippen molar-refractivity contribution < 1.29 is 37.5 Å². The third-order valence-electron chi connectivity index (χ3n) is 4.54. The van der Waals surface area contributed by atoms with Crippen LogP contribution in [0.1, 0.15) is 24.0 Å². The molecule has 0 spiro atoms. The number of benzene rings is 1. The molecule has 0 radical (unpaired) electrons. The van der Waals surface area contributed by atoms with E-state index in [1.807, 2.05) is 0 Å². The van der Waals surface area contributed by atoms with Gasteiger partial charge in [-0.15, -0.1) is 0 Å². The first kappa shape index (κ1) is 22.8. The molecule has 1 aliphatic heterocycles. The van der Waals surface area contributed by atoms with Crippen molar-refractivity contribution in [1.29, 1.82) is 0 Å². The summed E-state index contributed by atoms with van der Waals surface area (Å²) in [5.74, 6) is -1.46. The number of ether oxygens (including phenoxy) is 1. The van der Waals surface area contributed by atoms with Crippen LogP contribution in [0.5, 0.6) is 0 Å². The number of likely N-dealkylation sites (tertiary alicyclic amines) is 1. The van der Waals surface area contributed by atoms with Gasteiger partial charge in [0.25, 0.3) is 0 Å². The maximum atomic E-state index is 12.6. The van der Waals surface area contributed by atoms with Gasteiger partial charge in [-0.1, -0.05) is 18.7 Å². The fourth-order valence-electron chi connectivity index (χ4n) is 3.02. The van der Waals surface area contributed by atoms with Gasteiger partial charge in [0.2, 0.25) is 5.91 Å². The van der Waals surface area contributed by atoms with E-state index in [1.165, 1.54) is 23.1 Å². The molecule has 2 rings (SSSR count). The third-order valence-corrected chi connectivity index (χ3v) is 4.54. The average molecular weight is 414 g/mol. The van der Waals surface area contributed by atoms with Gasteiger partial charge in [0.15, 0.2) is 0 Å². The Kier molecular flexibility index (Phi) is 7.69. The van der Waals surface area contributed by atoms with Crippen molar-refractivity contribution in [3.8, 4) is 0 Å². The average Bonchev–Trinajstić information content (AvgIpc) is 2.66. The lowest BCUT2D eigenvalue weighted by Crippen LogP contribution is -2.50. The van der Waals surface area contributed by atoms with Gasteiger partial charge in [0.1, 0.15) is 6.10 Å². The summed E-state index contributed by atoms with van der Waals surface area (Å²) in [6.45, 7) is 4.13. The Morgan fingerprint density at radius 3 is 2.55 bits per heavy atom. The van der Waals surface area contributed by atoms with E-state index >= 15 is 0 Å². The van der Waals surface area contributed by atoms with Gasteiger partial charge in [-0.3, -0.25) is 4.79 Å². The van der Waals surface area contributed by atoms with E-state index in [4.69, 9.17) is 4.74 Å². The second-order valence-corrected chi connectivity index (χ2v) is 6.72. The molecule has 1 heterocycles. The van der Waals surface area contributed by atoms with E-state index in [9.17, 15) is 32.8 Å². The van der Waals surface area contributed by atoms with Gasteiger partial charge in [0, 0.05) is 6.54 Å². The van der Waals surface area contributed by atoms with Crippen molar-refractivity contribution in [2.75, 3.05) is 13.1 Å². The van der Waals surface area contributed by atoms with Crippen molar-refractivity contribution in [2.24, 2.45) is 0 Å². The van der Waals surface area contributed by atoms with Crippen LogP contribution in [-0.4, -0.2) is 59.2 Å². The highest BCUT2D eigenvalue weighted by atomic mass is 19.4. The highest BCUT2D eigenvalue weighted by molar-refractivity contribution is 6.43. The Labute approximate surface area is 166 Å². The second kappa shape index (κ2) is 9.79. The lowest BCUT2D eigenvalue weighted by Gasteiger charge is -2.32. The standard InChI is InChI=1S/C18H22BF3N2O5/c1-2-16(25)24-9-3-4-14(11-24)29-17(26)23-15(19(27)28)10-12-5-7-13(8-6-12)18(20,21)22/h2,5-8,14-15,27-28H,1,3-4,9-11H2,(H,23,26)/t14-,15?/m0/s1. The minimum absolute atomic E-state index is 0.114. The highest BCUT2D eigenvalue weighted by Crippen LogP contribution is 2.29. The third kappa shape index (κ3) is 6.79. The fourth-order valence-corrected chi connectivity index (χ4v) is 3.02. The van der Waals surface area contributed by atoms with Crippen molar-refractivity contribution in [3.05, 3.63) is 48.0 Å². The lowest BCUT2D eigenvalue weighted by molar-refractivity contribution is -0.137. The molecule has 11 heteroatoms. The number of hydrogen-bond acceptors (Lipinski definition) is 5. The van der Waals surface area contributed by atoms with E-state index in [0.29, 0.717) is 24.9 Å². The zero-order valence-electron chi connectivity index (χ0n) is 15.6. The van der Waals surface area contributed by atoms with Crippen molar-refractivity contribution in [2.45, 2.75) is 37.5 Å². The normalized spacial score (nSPS) is 18.0. The number of halogens is 3. The molecule has 2 amide bonds. The summed E-state index contributed by atoms with van der Waals surface area (Å²) in [7, 11) is -1.95. The number of nitrogens with zero attached hydrogens (tertiary/aromatic N) is 1. The van der Waals surface area contributed by atoms with E-state index in [2.05, 4.69) is 11.9 Å². The maximum Gasteiger partial charge on any atom is 0.475 e. The van der Waals surface area contributed by atoms with Gasteiger partial charge in [0.05, 0.1) is 18.0 Å². The Morgan fingerprint density at radius 1 is 1.34 bits per heavy atom. The quantitative estimate of drug-likeness (QED) is 0.485. The molecule has 1 aromatic carbocycles. The molecule has 7 nitrogen and oxygen atoms in total. The summed E-state index contributed by atoms with van der Waals surface area (Å²) in [4.78, 5) is 25.3. The van der Waals surface area contributed by atoms with Crippen LogP contribution < -0.4 is 5.32 Å². The molecule has 3 N–H and O–H groups in total. The number of carbonyl (C=O) groups excluding carboxylic acids is 2. The SMILES string of the molecule is C=CC(=O)N1CCC[C@H](OC(=O)NC(Cc2ccc(C(F)(F)F)cc2)B(O)O)C1. The molecule has 1 aliphatic rings. The lowest BCUT2D eigenvalue weighted by atomic mass is 9.76. The topological polar surface area (TPSA) is 99.1 Å². The molecule has 1 aromatic rings. The van der Waals surface area contributed by atoms with Crippen LogP contribution in [0.2, 0.25) is 0 Å². The van der Waals surface area contributed by atoms with Crippen molar-refractivity contribution >= 4 is 19.1 Å². The number of alkyl carbamates (subject to hydrolysis) is 1. The summed E-state index contributed by atoms with van der Waals surface area (Å²) in [6, 6.07) is 4.15. The fraction of sp³-hybridized carbons (Fsp3) is 0.444. The first-order chi connectivity index (χ1) is 13.6. The minimum atomic E-state index is -4.47. The summed E-state index contributed by atoms with van der Waals surface area (Å²) >= 11 is 0. The Balaban J connectivity index is 1.93. The smallest absolute Gasteiger partial charge is 0.444 e. The molecule has 1 saturated heterocycles. The largest absolute Gasteiger partial charge is 0.475 e. The van der Waals surface area contributed by atoms with E-state index < -0.39 is 37.0 Å². The zero-order valence-corrected chi connectivity index (χ0v) is 15.6. The first-order valence-electron chi connectivity index (χ1n) is 9.01. The number of hydrogen-bond donors (Lipinski definition) is 3. The molecule has 158 valence electrons. The van der Waals surface area contributed by atoms with Gasteiger partial charge in [-0.05, 0) is 43.0 Å². The van der Waals surface area contributed by atoms with Crippen LogP contribution in [0.15, 0.2) is 36.9 Å². The molecule has 1 unspecified atom stereocenters. The molecular formula is C18H22BF3N2O5. The molecule has 0 aromatic heterocycles. The molecule has 2 atom stereocenters. The number of amides is 2. The van der Waals surface area contributed by atoms with Gasteiger partial charge in [-0.2, -0.15) is 13.2 Å². The van der Waals surface area contributed by atoms with Crippen LogP contribution in [0.25, 0.3) is 0 Å². The van der Waals surface area contributed by atoms with Crippen LogP contribution in [0, 0.1) is 0 Å². The summed E-state index contributed by atoms with van der Waals surface area (Å²) in [5, 5.41) is 21.3. The second-order valence-electron chi connectivity index (χ2n) is 6.72. The molecule has 0 aliphatic carbocycles. The van der Waals surface area contributed by atoms with Crippen LogP contribution in [-0.2, 0) is 22.1 Å². The van der Waals surface area contributed by atoms with E-state index in [1.54, 1.807) is 0 Å². The van der Waals surface area contributed by atoms with E-state index in [-0.39, 0.29) is 18.9 Å². The predicted molar refractivity (Wildman–Crippen MR) is 98.5 cm³/mol. The van der Waals surface area contributed by atoms with E-state index in [0.717, 1.165) is 12.1 Å². The zero-order chi connectivity index (χ0) is 21.6. The van der Waals surface area contributed by atoms with Crippen LogP contribution >= 0.6 is 0 Å². The summed E-state index contributed by atoms with van der Waals surface area (Å²) in [6.07, 6.45) is -3.71. The molecule has 1 fully saturated rings. The highest BCUT2D eigenvalue weighted by Gasteiger charge is 2.31. The van der Waals surface area contributed by atoms with Crippen molar-refractivity contribution in [3.63, 3.8) is 0 Å². The monoisotopic (exact) mass is 414 g/mol. The molecule has 0 saturated carbocycles. The summed E-state index contributed by atoms with van der Waals surface area (Å²) < 4.78 is 43.1. The van der Waals surface area contributed by atoms with Gasteiger partial charge < -0.3 is 25.0 Å². The summed E-state index contributed by atoms with van der Waals surface area (Å²) in [5.41, 5.74) is -0.456. The molecule has 0 bridgehead atoms. The van der Waals surface area contributed by atoms with Crippen LogP contribution in [0.4, 0.5) is 18.0 Å². The van der Waals surface area contributed by atoms with Crippen LogP contribution in [0.3, 0.4) is 0 Å². The Morgan fingerprint density at radius 2 is 2.00 bits per heavy atom. The van der Waals surface area contributed by atoms with Crippen molar-refractivity contribution in [1.82, 2.24) is 10.2 Å². The number of carbonyl (C=O) groups is 2. The minimum Gasteiger partial charge on any atom is -0.444 e. The predicted octanol–water partition coefficient (Wildman–Crippen LogP) is 1.53. The number of rotatable bonds is 6. The molecular weight excluding hydrogens is 392 g/mol. The first-order valence-corrected chi connectivity index (χ1v) is 9.01. The van der Waals surface area contributed by atoms with Gasteiger partial charge in [-0.25, -0.2) is 4.79 Å². The maximum absolute atomic E-state index is 12.6. The number of nitrogens with one attached hydrogen (secondary N) is 1.